The zero-order valence-electron chi connectivity index (χ0n) is 5.66. The topological polar surface area (TPSA) is 0 Å². The maximum absolute atomic E-state index is 5.05. The normalized spacial score (nSPS) is 8.73. The first-order chi connectivity index (χ1) is 4.41. The summed E-state index contributed by atoms with van der Waals surface area (Å²) in [6.45, 7) is 10.1. The average molecular weight is 597 g/mol. The average Bonchev–Trinajstić information content (AvgIpc) is 1.89. The van der Waals surface area contributed by atoms with Crippen LogP contribution in [0.1, 0.15) is 0 Å². The Labute approximate surface area is 108 Å². The maximum Gasteiger partial charge on any atom is 2.00 e. The molecule has 3 heteroatoms. The molecule has 0 saturated carbocycles. The fourth-order valence-electron chi connectivity index (χ4n) is 0.167. The number of allylic oxidation sites excluding steroid dienone is 4. The molecule has 11 heavy (non-hydrogen) atoms. The Bertz CT molecular complexity index is 123. The molecule has 0 unspecified atom stereocenters. The van der Waals surface area contributed by atoms with E-state index in [9.17, 15) is 0 Å². The van der Waals surface area contributed by atoms with Gasteiger partial charge in [0.15, 0.2) is 0 Å². The first-order valence-corrected chi connectivity index (χ1v) is 4.45. The van der Waals surface area contributed by atoms with Crippen molar-refractivity contribution >= 4 is 0 Å². The summed E-state index contributed by atoms with van der Waals surface area (Å²) in [5.41, 5.74) is 0. The van der Waals surface area contributed by atoms with Crippen molar-refractivity contribution in [3.05, 3.63) is 45.6 Å². The molecule has 56 valence electrons. The van der Waals surface area contributed by atoms with E-state index >= 15 is 0 Å². The van der Waals surface area contributed by atoms with E-state index in [0.29, 0.717) is 0 Å². The van der Waals surface area contributed by atoms with Gasteiger partial charge in [-0.1, -0.05) is 8.17 Å². The summed E-state index contributed by atoms with van der Waals surface area (Å²) in [5, 5.41) is 0. The Morgan fingerprint density at radius 3 is 1.55 bits per heavy atom. The summed E-state index contributed by atoms with van der Waals surface area (Å²) in [6.07, 6.45) is 6.27. The van der Waals surface area contributed by atoms with Crippen LogP contribution in [0.2, 0.25) is 0 Å². The molecule has 0 fully saturated rings. The Morgan fingerprint density at radius 2 is 1.27 bits per heavy atom. The molecular formula is C8H6IW2+. The van der Waals surface area contributed by atoms with Gasteiger partial charge in [0.05, 0.1) is 21.2 Å². The quantitative estimate of drug-likeness (QED) is 0.215. The van der Waals surface area contributed by atoms with Gasteiger partial charge in [0.1, 0.15) is 0 Å². The Hall–Kier alpha value is 1.07. The molecule has 0 N–H and O–H groups in total. The summed E-state index contributed by atoms with van der Waals surface area (Å²) >= 11 is -0.222. The van der Waals surface area contributed by atoms with Crippen LogP contribution < -0.4 is 21.2 Å². The second kappa shape index (κ2) is 17.2. The maximum atomic E-state index is 5.05. The smallest absolute Gasteiger partial charge is 0.394 e. The van der Waals surface area contributed by atoms with Gasteiger partial charge in [-0.2, -0.15) is 0 Å². The van der Waals surface area contributed by atoms with E-state index in [2.05, 4.69) is 8.17 Å². The van der Waals surface area contributed by atoms with E-state index < -0.39 is 0 Å². The number of hydrogen-bond donors (Lipinski definition) is 0. The molecule has 0 amide bonds. The van der Waals surface area contributed by atoms with Crippen LogP contribution in [0.25, 0.3) is 0 Å². The van der Waals surface area contributed by atoms with Crippen molar-refractivity contribution in [2.75, 3.05) is 0 Å². The standard InChI is InChI=1S/C8H6I.2W/c1-3-5-7-9-8-6-4-2;;/h1-6H;;/q-3;2*+2. The molecular weight excluding hydrogens is 591 g/mol. The first kappa shape index (κ1) is 18.0. The predicted octanol–water partition coefficient (Wildman–Crippen LogP) is -1.32. The van der Waals surface area contributed by atoms with Gasteiger partial charge in [-0.25, -0.2) is 0 Å². The third-order valence-corrected chi connectivity index (χ3v) is 1.77. The van der Waals surface area contributed by atoms with Gasteiger partial charge in [-0.05, 0) is 0 Å². The van der Waals surface area contributed by atoms with Crippen molar-refractivity contribution in [2.45, 2.75) is 0 Å². The van der Waals surface area contributed by atoms with Crippen LogP contribution in [0, 0.1) is 21.3 Å². The molecule has 0 aromatic rings. The molecule has 0 saturated heterocycles. The largest absolute Gasteiger partial charge is 2.00 e. The van der Waals surface area contributed by atoms with Gasteiger partial charge < -0.3 is 37.5 Å². The fraction of sp³-hybridized carbons (Fsp3) is 0. The summed E-state index contributed by atoms with van der Waals surface area (Å²) in [7, 11) is 0. The summed E-state index contributed by atoms with van der Waals surface area (Å²) in [4.78, 5) is 0. The molecule has 0 radical (unpaired) electrons. The molecule has 0 bridgehead atoms. The number of halogens is 1. The molecule has 0 spiro atoms. The van der Waals surface area contributed by atoms with Gasteiger partial charge in [0, 0.05) is 0 Å². The Kier molecular flexibility index (Phi) is 28.2. The molecule has 0 nitrogen and oxygen atoms in total. The fourth-order valence-corrected chi connectivity index (χ4v) is 1.12. The second-order valence-corrected chi connectivity index (χ2v) is 2.82. The monoisotopic (exact) mass is 597 g/mol. The molecule has 0 aromatic carbocycles. The van der Waals surface area contributed by atoms with E-state index in [1.807, 2.05) is 0 Å². The molecule has 0 aliphatic rings. The van der Waals surface area contributed by atoms with Gasteiger partial charge >= 0.3 is 42.1 Å². The van der Waals surface area contributed by atoms with Crippen LogP contribution in [0.3, 0.4) is 0 Å². The van der Waals surface area contributed by atoms with E-state index in [-0.39, 0.29) is 63.3 Å². The zero-order chi connectivity index (χ0) is 6.95. The van der Waals surface area contributed by atoms with Gasteiger partial charge in [0.2, 0.25) is 0 Å². The van der Waals surface area contributed by atoms with Crippen LogP contribution in [0.5, 0.6) is 0 Å². The van der Waals surface area contributed by atoms with Crippen LogP contribution >= 0.6 is 0 Å². The molecule has 0 heterocycles. The minimum absolute atomic E-state index is 0. The minimum atomic E-state index is -0.222. The molecule has 0 aliphatic carbocycles. The van der Waals surface area contributed by atoms with E-state index in [4.69, 9.17) is 13.2 Å². The van der Waals surface area contributed by atoms with Crippen LogP contribution in [-0.4, -0.2) is 0 Å². The van der Waals surface area contributed by atoms with E-state index in [1.165, 1.54) is 12.2 Å². The van der Waals surface area contributed by atoms with Crippen molar-refractivity contribution in [1.82, 2.24) is 0 Å². The van der Waals surface area contributed by atoms with Crippen molar-refractivity contribution in [3.63, 3.8) is 0 Å². The third-order valence-electron chi connectivity index (χ3n) is 0.428. The summed E-state index contributed by atoms with van der Waals surface area (Å²) in [6, 6.07) is 0. The Balaban J connectivity index is -0.000000320. The molecule has 0 rings (SSSR count). The number of rotatable bonds is 4. The van der Waals surface area contributed by atoms with Crippen LogP contribution in [0.15, 0.2) is 24.3 Å². The van der Waals surface area contributed by atoms with Crippen molar-refractivity contribution in [2.24, 2.45) is 0 Å². The van der Waals surface area contributed by atoms with Crippen molar-refractivity contribution in [3.8, 4) is 0 Å². The van der Waals surface area contributed by atoms with Crippen LogP contribution in [0.4, 0.5) is 0 Å². The minimum Gasteiger partial charge on any atom is -0.394 e. The zero-order valence-corrected chi connectivity index (χ0v) is 13.7. The second-order valence-electron chi connectivity index (χ2n) is 1.03. The van der Waals surface area contributed by atoms with Crippen LogP contribution in [-0.2, 0) is 42.1 Å². The third kappa shape index (κ3) is 18.2. The summed E-state index contributed by atoms with van der Waals surface area (Å²) in [5.74, 6) is 0. The number of hydrogen-bond acceptors (Lipinski definition) is 0. The van der Waals surface area contributed by atoms with Gasteiger partial charge in [-0.15, -0.1) is 0 Å². The predicted molar refractivity (Wildman–Crippen MR) is 33.4 cm³/mol. The Morgan fingerprint density at radius 1 is 0.909 bits per heavy atom. The molecule has 0 atom stereocenters. The first-order valence-electron chi connectivity index (χ1n) is 2.29. The SMILES string of the molecule is [CH-]=CC=[C-][I+][C-]=CC=[CH-].[W+2].[W+2]. The van der Waals surface area contributed by atoms with Gasteiger partial charge in [0.25, 0.3) is 0 Å². The van der Waals surface area contributed by atoms with Crippen molar-refractivity contribution < 1.29 is 63.3 Å². The summed E-state index contributed by atoms with van der Waals surface area (Å²) < 4.78 is 5.91. The van der Waals surface area contributed by atoms with Crippen molar-refractivity contribution in [1.29, 1.82) is 0 Å². The van der Waals surface area contributed by atoms with E-state index in [1.54, 1.807) is 12.2 Å². The van der Waals surface area contributed by atoms with E-state index in [0.717, 1.165) is 0 Å². The molecule has 0 aliphatic heterocycles. The molecule has 0 aromatic heterocycles. The van der Waals surface area contributed by atoms with Gasteiger partial charge in [-0.3, -0.25) is 0 Å².